The first-order valence-corrected chi connectivity index (χ1v) is 6.46. The number of rotatable bonds is 5. The van der Waals surface area contributed by atoms with Gasteiger partial charge in [-0.1, -0.05) is 0 Å². The molecule has 102 valence electrons. The lowest BCUT2D eigenvalue weighted by atomic mass is 10.4. The minimum atomic E-state index is -0.810. The summed E-state index contributed by atoms with van der Waals surface area (Å²) in [5.41, 5.74) is 0. The normalized spacial score (nSPS) is 10.4. The molecule has 0 aromatic carbocycles. The van der Waals surface area contributed by atoms with Gasteiger partial charge in [0.15, 0.2) is 23.0 Å². The highest BCUT2D eigenvalue weighted by Crippen LogP contribution is 2.26. The van der Waals surface area contributed by atoms with Gasteiger partial charge in [-0.15, -0.1) is 11.3 Å². The molecule has 0 fully saturated rings. The van der Waals surface area contributed by atoms with Crippen LogP contribution in [0, 0.1) is 6.92 Å². The molecule has 2 aromatic heterocycles. The van der Waals surface area contributed by atoms with Crippen LogP contribution in [0.4, 0.5) is 0 Å². The van der Waals surface area contributed by atoms with Crippen molar-refractivity contribution in [3.63, 3.8) is 0 Å². The van der Waals surface area contributed by atoms with Gasteiger partial charge in [-0.2, -0.15) is 0 Å². The van der Waals surface area contributed by atoms with E-state index in [0.717, 1.165) is 0 Å². The van der Waals surface area contributed by atoms with Crippen molar-refractivity contribution in [2.24, 2.45) is 0 Å². The molecule has 0 spiro atoms. The molecule has 0 saturated heterocycles. The van der Waals surface area contributed by atoms with Gasteiger partial charge in [0.2, 0.25) is 0 Å². The number of ether oxygens (including phenoxy) is 2. The quantitative estimate of drug-likeness (QED) is 0.784. The summed E-state index contributed by atoms with van der Waals surface area (Å²) in [5.74, 6) is -0.346. The summed E-state index contributed by atoms with van der Waals surface area (Å²) in [6.07, 6.45) is 0. The van der Waals surface area contributed by atoms with Crippen LogP contribution in [0.3, 0.4) is 0 Å². The Balaban J connectivity index is 2.03. The van der Waals surface area contributed by atoms with Crippen LogP contribution in [0.5, 0.6) is 5.75 Å². The third-order valence-electron chi connectivity index (χ3n) is 2.28. The van der Waals surface area contributed by atoms with Gasteiger partial charge in [0.1, 0.15) is 5.75 Å². The molecule has 2 aromatic rings. The van der Waals surface area contributed by atoms with E-state index in [-0.39, 0.29) is 12.4 Å². The van der Waals surface area contributed by atoms with E-state index >= 15 is 0 Å². The van der Waals surface area contributed by atoms with Crippen LogP contribution in [0.1, 0.15) is 28.1 Å². The summed E-state index contributed by atoms with van der Waals surface area (Å²) < 4.78 is 19.7. The van der Waals surface area contributed by atoms with Crippen molar-refractivity contribution in [1.29, 1.82) is 0 Å². The zero-order valence-corrected chi connectivity index (χ0v) is 11.2. The molecule has 0 aliphatic carbocycles. The largest absolute Gasteiger partial charge is 0.519 e. The molecule has 6 nitrogen and oxygen atoms in total. The summed E-state index contributed by atoms with van der Waals surface area (Å²) >= 11 is 1.23. The Labute approximate surface area is 112 Å². The van der Waals surface area contributed by atoms with Crippen molar-refractivity contribution < 1.29 is 23.1 Å². The SMILES string of the molecule is CCOc1ccsc1C(=O)OCc1oc(=O)oc1C. The Hall–Kier alpha value is -2.02. The molecule has 0 amide bonds. The van der Waals surface area contributed by atoms with E-state index in [0.29, 0.717) is 23.0 Å². The number of hydrogen-bond donors (Lipinski definition) is 0. The van der Waals surface area contributed by atoms with Gasteiger partial charge in [-0.25, -0.2) is 9.59 Å². The molecular formula is C12H12O6S. The fourth-order valence-electron chi connectivity index (χ4n) is 1.42. The molecule has 0 aliphatic heterocycles. The lowest BCUT2D eigenvalue weighted by molar-refractivity contribution is 0.0445. The smallest absolute Gasteiger partial charge is 0.492 e. The molecule has 2 rings (SSSR count). The van der Waals surface area contributed by atoms with Gasteiger partial charge in [0, 0.05) is 0 Å². The van der Waals surface area contributed by atoms with Crippen molar-refractivity contribution in [3.8, 4) is 5.75 Å². The van der Waals surface area contributed by atoms with Gasteiger partial charge < -0.3 is 18.3 Å². The maximum absolute atomic E-state index is 11.9. The molecule has 0 N–H and O–H groups in total. The summed E-state index contributed by atoms with van der Waals surface area (Å²) in [6.45, 7) is 3.70. The predicted molar refractivity (Wildman–Crippen MR) is 66.6 cm³/mol. The van der Waals surface area contributed by atoms with Crippen molar-refractivity contribution in [1.82, 2.24) is 0 Å². The molecule has 0 unspecified atom stereocenters. The van der Waals surface area contributed by atoms with Crippen LogP contribution in [-0.2, 0) is 11.3 Å². The highest BCUT2D eigenvalue weighted by atomic mass is 32.1. The maximum Gasteiger partial charge on any atom is 0.519 e. The second kappa shape index (κ2) is 5.75. The van der Waals surface area contributed by atoms with Gasteiger partial charge >= 0.3 is 11.8 Å². The highest BCUT2D eigenvalue weighted by Gasteiger charge is 2.18. The van der Waals surface area contributed by atoms with E-state index in [9.17, 15) is 9.59 Å². The predicted octanol–water partition coefficient (Wildman–Crippen LogP) is 2.36. The summed E-state index contributed by atoms with van der Waals surface area (Å²) in [6, 6.07) is 1.70. The molecule has 19 heavy (non-hydrogen) atoms. The van der Waals surface area contributed by atoms with Crippen LogP contribution >= 0.6 is 11.3 Å². The van der Waals surface area contributed by atoms with E-state index in [2.05, 4.69) is 4.42 Å². The molecule has 2 heterocycles. The summed E-state index contributed by atoms with van der Waals surface area (Å²) in [7, 11) is 0. The topological polar surface area (TPSA) is 78.9 Å². The Morgan fingerprint density at radius 1 is 1.42 bits per heavy atom. The van der Waals surface area contributed by atoms with E-state index in [1.54, 1.807) is 18.4 Å². The van der Waals surface area contributed by atoms with Gasteiger partial charge in [-0.3, -0.25) is 0 Å². The minimum Gasteiger partial charge on any atom is -0.492 e. The highest BCUT2D eigenvalue weighted by molar-refractivity contribution is 7.12. The third kappa shape index (κ3) is 3.05. The molecule has 0 saturated carbocycles. The average Bonchev–Trinajstić information content (AvgIpc) is 2.94. The number of carbonyl (C=O) groups excluding carboxylic acids is 1. The Morgan fingerprint density at radius 3 is 2.84 bits per heavy atom. The fourth-order valence-corrected chi connectivity index (χ4v) is 2.14. The van der Waals surface area contributed by atoms with E-state index < -0.39 is 11.8 Å². The number of esters is 1. The Kier molecular flexibility index (Phi) is 4.06. The van der Waals surface area contributed by atoms with Crippen LogP contribution in [0.25, 0.3) is 0 Å². The molecular weight excluding hydrogens is 272 g/mol. The Bertz CT molecular complexity index is 620. The van der Waals surface area contributed by atoms with E-state index in [1.807, 2.05) is 6.92 Å². The lowest BCUT2D eigenvalue weighted by Gasteiger charge is -2.04. The first kappa shape index (κ1) is 13.4. The van der Waals surface area contributed by atoms with Crippen LogP contribution < -0.4 is 10.6 Å². The number of thiophene rings is 1. The summed E-state index contributed by atoms with van der Waals surface area (Å²) in [5, 5.41) is 1.74. The zero-order chi connectivity index (χ0) is 13.8. The fraction of sp³-hybridized carbons (Fsp3) is 0.333. The van der Waals surface area contributed by atoms with Gasteiger partial charge in [0.25, 0.3) is 0 Å². The molecule has 0 aliphatic rings. The van der Waals surface area contributed by atoms with Crippen molar-refractivity contribution in [2.75, 3.05) is 6.61 Å². The second-order valence-electron chi connectivity index (χ2n) is 3.56. The van der Waals surface area contributed by atoms with Gasteiger partial charge in [0.05, 0.1) is 6.61 Å². The lowest BCUT2D eigenvalue weighted by Crippen LogP contribution is -2.06. The molecule has 0 radical (unpaired) electrons. The average molecular weight is 284 g/mol. The first-order valence-electron chi connectivity index (χ1n) is 5.58. The van der Waals surface area contributed by atoms with Gasteiger partial charge in [-0.05, 0) is 25.3 Å². The molecule has 7 heteroatoms. The first-order chi connectivity index (χ1) is 9.11. The van der Waals surface area contributed by atoms with Crippen molar-refractivity contribution in [2.45, 2.75) is 20.5 Å². The summed E-state index contributed by atoms with van der Waals surface area (Å²) in [4.78, 5) is 23.1. The monoisotopic (exact) mass is 284 g/mol. The number of carbonyl (C=O) groups is 1. The minimum absolute atomic E-state index is 0.153. The van der Waals surface area contributed by atoms with E-state index in [4.69, 9.17) is 13.9 Å². The van der Waals surface area contributed by atoms with Crippen molar-refractivity contribution >= 4 is 17.3 Å². The van der Waals surface area contributed by atoms with Crippen LogP contribution in [0.15, 0.2) is 25.1 Å². The Morgan fingerprint density at radius 2 is 2.21 bits per heavy atom. The molecule has 0 atom stereocenters. The third-order valence-corrected chi connectivity index (χ3v) is 3.16. The standard InChI is InChI=1S/C12H12O6S/c1-3-15-8-4-5-19-10(8)11(13)16-6-9-7(2)17-12(14)18-9/h4-5H,3,6H2,1-2H3. The second-order valence-corrected chi connectivity index (χ2v) is 4.47. The van der Waals surface area contributed by atoms with Crippen LogP contribution in [-0.4, -0.2) is 12.6 Å². The van der Waals surface area contributed by atoms with Crippen molar-refractivity contribution in [3.05, 3.63) is 38.5 Å². The van der Waals surface area contributed by atoms with Crippen LogP contribution in [0.2, 0.25) is 0 Å². The number of aryl methyl sites for hydroxylation is 1. The maximum atomic E-state index is 11.9. The number of hydrogen-bond acceptors (Lipinski definition) is 7. The zero-order valence-electron chi connectivity index (χ0n) is 10.4. The molecule has 0 bridgehead atoms. The van der Waals surface area contributed by atoms with E-state index in [1.165, 1.54) is 11.3 Å².